The fourth-order valence-corrected chi connectivity index (χ4v) is 1.50. The molecule has 0 atom stereocenters. The van der Waals surface area contributed by atoms with E-state index < -0.39 is 35.9 Å². The van der Waals surface area contributed by atoms with Gasteiger partial charge in [0, 0.05) is 13.1 Å². The number of benzene rings is 1. The van der Waals surface area contributed by atoms with E-state index in [-0.39, 0.29) is 11.6 Å². The second-order valence-corrected chi connectivity index (χ2v) is 4.01. The van der Waals surface area contributed by atoms with E-state index >= 15 is 0 Å². The SMILES string of the molecule is O=C(NCCNC(=O)C(F)(F)F)c1c(F)cccc1Cl. The van der Waals surface area contributed by atoms with Crippen molar-refractivity contribution < 1.29 is 27.2 Å². The molecule has 0 aliphatic carbocycles. The molecular weight excluding hydrogens is 304 g/mol. The highest BCUT2D eigenvalue weighted by Gasteiger charge is 2.38. The van der Waals surface area contributed by atoms with Crippen LogP contribution in [0.25, 0.3) is 0 Å². The molecule has 20 heavy (non-hydrogen) atoms. The third-order valence-electron chi connectivity index (χ3n) is 2.14. The van der Waals surface area contributed by atoms with Gasteiger partial charge in [0.15, 0.2) is 0 Å². The molecule has 0 bridgehead atoms. The van der Waals surface area contributed by atoms with E-state index in [0.717, 1.165) is 6.07 Å². The number of halogens is 5. The predicted octanol–water partition coefficient (Wildman–Crippen LogP) is 1.89. The molecule has 2 N–H and O–H groups in total. The summed E-state index contributed by atoms with van der Waals surface area (Å²) in [6, 6.07) is 3.62. The highest BCUT2D eigenvalue weighted by molar-refractivity contribution is 6.33. The Morgan fingerprint density at radius 3 is 2.30 bits per heavy atom. The highest BCUT2D eigenvalue weighted by atomic mass is 35.5. The van der Waals surface area contributed by atoms with Crippen molar-refractivity contribution in [2.24, 2.45) is 0 Å². The number of nitrogens with one attached hydrogen (secondary N) is 2. The largest absolute Gasteiger partial charge is 0.471 e. The summed E-state index contributed by atoms with van der Waals surface area (Å²) in [6.45, 7) is -0.749. The zero-order valence-electron chi connectivity index (χ0n) is 9.85. The second kappa shape index (κ2) is 6.56. The van der Waals surface area contributed by atoms with Gasteiger partial charge in [-0.05, 0) is 12.1 Å². The molecule has 2 amide bonds. The smallest absolute Gasteiger partial charge is 0.350 e. The molecule has 9 heteroatoms. The molecule has 0 saturated carbocycles. The topological polar surface area (TPSA) is 58.2 Å². The van der Waals surface area contributed by atoms with Gasteiger partial charge < -0.3 is 10.6 Å². The van der Waals surface area contributed by atoms with Crippen molar-refractivity contribution in [1.82, 2.24) is 10.6 Å². The molecule has 0 saturated heterocycles. The molecular formula is C11H9ClF4N2O2. The Balaban J connectivity index is 2.47. The van der Waals surface area contributed by atoms with E-state index in [0.29, 0.717) is 0 Å². The Kier molecular flexibility index (Phi) is 5.32. The maximum Gasteiger partial charge on any atom is 0.471 e. The molecule has 0 aliphatic rings. The maximum atomic E-state index is 13.3. The third-order valence-corrected chi connectivity index (χ3v) is 2.46. The predicted molar refractivity (Wildman–Crippen MR) is 62.8 cm³/mol. The van der Waals surface area contributed by atoms with Crippen LogP contribution in [0.15, 0.2) is 18.2 Å². The molecule has 0 fully saturated rings. The average Bonchev–Trinajstić information content (AvgIpc) is 2.32. The summed E-state index contributed by atoms with van der Waals surface area (Å²) in [5, 5.41) is 3.57. The Morgan fingerprint density at radius 2 is 1.75 bits per heavy atom. The van der Waals surface area contributed by atoms with E-state index in [9.17, 15) is 27.2 Å². The molecule has 110 valence electrons. The van der Waals surface area contributed by atoms with Gasteiger partial charge in [-0.2, -0.15) is 13.2 Å². The Hall–Kier alpha value is -1.83. The lowest BCUT2D eigenvalue weighted by atomic mass is 10.2. The molecule has 0 unspecified atom stereocenters. The third kappa shape index (κ3) is 4.37. The highest BCUT2D eigenvalue weighted by Crippen LogP contribution is 2.18. The lowest BCUT2D eigenvalue weighted by molar-refractivity contribution is -0.173. The number of carbonyl (C=O) groups is 2. The first kappa shape index (κ1) is 16.2. The summed E-state index contributed by atoms with van der Waals surface area (Å²) >= 11 is 5.63. The van der Waals surface area contributed by atoms with Crippen LogP contribution in [0.1, 0.15) is 10.4 Å². The van der Waals surface area contributed by atoms with E-state index in [2.05, 4.69) is 5.32 Å². The molecule has 0 radical (unpaired) electrons. The summed E-state index contributed by atoms with van der Waals surface area (Å²) in [5.74, 6) is -3.85. The van der Waals surface area contributed by atoms with Crippen molar-refractivity contribution in [2.45, 2.75) is 6.18 Å². The van der Waals surface area contributed by atoms with Crippen LogP contribution < -0.4 is 10.6 Å². The van der Waals surface area contributed by atoms with Crippen LogP contribution >= 0.6 is 11.6 Å². The van der Waals surface area contributed by atoms with Crippen LogP contribution in [0.2, 0.25) is 5.02 Å². The van der Waals surface area contributed by atoms with Crippen LogP contribution in [0.3, 0.4) is 0 Å². The minimum Gasteiger partial charge on any atom is -0.350 e. The maximum absolute atomic E-state index is 13.3. The standard InChI is InChI=1S/C11H9ClF4N2O2/c12-6-2-1-3-7(13)8(6)9(19)17-4-5-18-10(20)11(14,15)16/h1-3H,4-5H2,(H,17,19)(H,18,20). The second-order valence-electron chi connectivity index (χ2n) is 3.61. The fraction of sp³-hybridized carbons (Fsp3) is 0.273. The van der Waals surface area contributed by atoms with Crippen LogP contribution in [0, 0.1) is 5.82 Å². The quantitative estimate of drug-likeness (QED) is 0.659. The summed E-state index contributed by atoms with van der Waals surface area (Å²) in [5.41, 5.74) is -0.406. The Labute approximate surface area is 116 Å². The van der Waals surface area contributed by atoms with Gasteiger partial charge in [-0.1, -0.05) is 17.7 Å². The van der Waals surface area contributed by atoms with Crippen molar-refractivity contribution in [1.29, 1.82) is 0 Å². The van der Waals surface area contributed by atoms with Crippen LogP contribution in [-0.2, 0) is 4.79 Å². The monoisotopic (exact) mass is 312 g/mol. The van der Waals surface area contributed by atoms with Gasteiger partial charge in [0.1, 0.15) is 5.82 Å². The van der Waals surface area contributed by atoms with Crippen molar-refractivity contribution in [3.63, 3.8) is 0 Å². The normalized spacial score (nSPS) is 11.1. The van der Waals surface area contributed by atoms with Gasteiger partial charge in [-0.15, -0.1) is 0 Å². The number of carbonyl (C=O) groups excluding carboxylic acids is 2. The van der Waals surface area contributed by atoms with E-state index in [1.54, 1.807) is 5.32 Å². The van der Waals surface area contributed by atoms with E-state index in [4.69, 9.17) is 11.6 Å². The zero-order chi connectivity index (χ0) is 15.3. The first-order valence-electron chi connectivity index (χ1n) is 5.30. The molecule has 0 heterocycles. The van der Waals surface area contributed by atoms with Gasteiger partial charge in [0.05, 0.1) is 10.6 Å². The molecule has 4 nitrogen and oxygen atoms in total. The summed E-state index contributed by atoms with van der Waals surface area (Å²) in [6.07, 6.45) is -4.99. The molecule has 0 aromatic heterocycles. The van der Waals surface area contributed by atoms with Crippen molar-refractivity contribution in [3.8, 4) is 0 Å². The summed E-state index contributed by atoms with van der Waals surface area (Å²) in [7, 11) is 0. The molecule has 0 aliphatic heterocycles. The first-order chi connectivity index (χ1) is 9.23. The molecule has 1 aromatic rings. The Bertz CT molecular complexity index is 499. The molecule has 0 spiro atoms. The molecule has 1 aromatic carbocycles. The molecule has 1 rings (SSSR count). The van der Waals surface area contributed by atoms with Crippen LogP contribution in [0.4, 0.5) is 17.6 Å². The van der Waals surface area contributed by atoms with Crippen molar-refractivity contribution in [2.75, 3.05) is 13.1 Å². The number of rotatable bonds is 4. The van der Waals surface area contributed by atoms with Gasteiger partial charge in [-0.3, -0.25) is 9.59 Å². The summed E-state index contributed by atoms with van der Waals surface area (Å²) in [4.78, 5) is 22.0. The van der Waals surface area contributed by atoms with Gasteiger partial charge in [-0.25, -0.2) is 4.39 Å². The number of hydrogen-bond donors (Lipinski definition) is 2. The van der Waals surface area contributed by atoms with Gasteiger partial charge in [0.25, 0.3) is 5.91 Å². The minimum absolute atomic E-state index is 0.123. The first-order valence-corrected chi connectivity index (χ1v) is 5.68. The number of hydrogen-bond acceptors (Lipinski definition) is 2. The fourth-order valence-electron chi connectivity index (χ4n) is 1.26. The average molecular weight is 313 g/mol. The lowest BCUT2D eigenvalue weighted by Gasteiger charge is -2.09. The zero-order valence-corrected chi connectivity index (χ0v) is 10.6. The van der Waals surface area contributed by atoms with Crippen LogP contribution in [0.5, 0.6) is 0 Å². The number of amides is 2. The van der Waals surface area contributed by atoms with E-state index in [1.807, 2.05) is 0 Å². The van der Waals surface area contributed by atoms with Crippen molar-refractivity contribution in [3.05, 3.63) is 34.6 Å². The van der Waals surface area contributed by atoms with Crippen LogP contribution in [-0.4, -0.2) is 31.1 Å². The van der Waals surface area contributed by atoms with E-state index in [1.165, 1.54) is 12.1 Å². The minimum atomic E-state index is -4.99. The number of alkyl halides is 3. The van der Waals surface area contributed by atoms with Crippen molar-refractivity contribution >= 4 is 23.4 Å². The van der Waals surface area contributed by atoms with Gasteiger partial charge in [0.2, 0.25) is 0 Å². The van der Waals surface area contributed by atoms with Gasteiger partial charge >= 0.3 is 12.1 Å². The Morgan fingerprint density at radius 1 is 1.15 bits per heavy atom. The lowest BCUT2D eigenvalue weighted by Crippen LogP contribution is -2.41. The summed E-state index contributed by atoms with van der Waals surface area (Å²) < 4.78 is 48.8.